The molecule has 4 rings (SSSR count). The number of alkyl halides is 2. The zero-order valence-corrected chi connectivity index (χ0v) is 17.0. The van der Waals surface area contributed by atoms with Crippen molar-refractivity contribution in [1.82, 2.24) is 19.1 Å². The van der Waals surface area contributed by atoms with E-state index in [1.54, 1.807) is 55.5 Å². The van der Waals surface area contributed by atoms with Crippen molar-refractivity contribution in [1.29, 1.82) is 0 Å². The van der Waals surface area contributed by atoms with Crippen LogP contribution < -0.4 is 5.56 Å². The Morgan fingerprint density at radius 2 is 1.77 bits per heavy atom. The van der Waals surface area contributed by atoms with Crippen LogP contribution in [0.1, 0.15) is 31.0 Å². The first kappa shape index (κ1) is 20.5. The lowest BCUT2D eigenvalue weighted by Gasteiger charge is -2.17. The second-order valence-electron chi connectivity index (χ2n) is 6.81. The topological polar surface area (TPSA) is 72.9 Å². The van der Waals surface area contributed by atoms with E-state index in [0.29, 0.717) is 33.5 Å². The van der Waals surface area contributed by atoms with Gasteiger partial charge in [0.05, 0.1) is 27.2 Å². The first-order valence-electron chi connectivity index (χ1n) is 9.53. The number of benzene rings is 2. The average Bonchev–Trinajstić information content (AvgIpc) is 3.14. The molecule has 0 radical (unpaired) electrons. The van der Waals surface area contributed by atoms with Gasteiger partial charge >= 0.3 is 6.55 Å². The van der Waals surface area contributed by atoms with Gasteiger partial charge in [0.15, 0.2) is 5.16 Å². The molecule has 9 heteroatoms. The Hall–Kier alpha value is -2.78. The minimum absolute atomic E-state index is 0.0693. The summed E-state index contributed by atoms with van der Waals surface area (Å²) in [5.74, 6) is 0.215. The molecule has 0 aliphatic carbocycles. The normalized spacial score (nSPS) is 12.8. The molecular weight excluding hydrogens is 410 g/mol. The highest BCUT2D eigenvalue weighted by molar-refractivity contribution is 7.99. The molecule has 2 aromatic carbocycles. The van der Waals surface area contributed by atoms with Crippen molar-refractivity contribution in [2.24, 2.45) is 0 Å². The van der Waals surface area contributed by atoms with Crippen LogP contribution in [0, 0.1) is 0 Å². The lowest BCUT2D eigenvalue weighted by Crippen LogP contribution is -2.24. The van der Waals surface area contributed by atoms with Gasteiger partial charge < -0.3 is 5.11 Å². The van der Waals surface area contributed by atoms with E-state index in [1.165, 1.54) is 16.3 Å². The zero-order valence-electron chi connectivity index (χ0n) is 16.2. The second kappa shape index (κ2) is 8.53. The zero-order chi connectivity index (χ0) is 21.3. The Labute approximate surface area is 175 Å². The first-order valence-corrected chi connectivity index (χ1v) is 10.4. The number of hydrogen-bond donors (Lipinski definition) is 1. The fourth-order valence-electron chi connectivity index (χ4n) is 3.43. The molecule has 0 aliphatic heterocycles. The fourth-order valence-corrected chi connectivity index (χ4v) is 4.47. The number of aromatic nitrogens is 4. The van der Waals surface area contributed by atoms with E-state index in [0.717, 1.165) is 4.57 Å². The summed E-state index contributed by atoms with van der Waals surface area (Å²) in [5, 5.41) is 9.62. The van der Waals surface area contributed by atoms with Crippen LogP contribution in [0.25, 0.3) is 21.9 Å². The number of thioether (sulfide) groups is 1. The van der Waals surface area contributed by atoms with Gasteiger partial charge in [0.25, 0.3) is 5.56 Å². The summed E-state index contributed by atoms with van der Waals surface area (Å²) < 4.78 is 30.1. The van der Waals surface area contributed by atoms with Crippen LogP contribution in [-0.2, 0) is 6.54 Å². The number of aliphatic hydroxyl groups is 1. The number of aliphatic hydroxyl groups excluding tert-OH is 1. The molecule has 0 bridgehead atoms. The highest BCUT2D eigenvalue weighted by Gasteiger charge is 2.24. The highest BCUT2D eigenvalue weighted by atomic mass is 32.2. The van der Waals surface area contributed by atoms with Crippen molar-refractivity contribution in [3.63, 3.8) is 0 Å². The van der Waals surface area contributed by atoms with Gasteiger partial charge in [-0.05, 0) is 37.6 Å². The molecule has 2 aromatic heterocycles. The molecular formula is C21H20F2N4O2S. The van der Waals surface area contributed by atoms with Crippen LogP contribution in [-0.4, -0.2) is 30.8 Å². The molecule has 156 valence electrons. The van der Waals surface area contributed by atoms with E-state index in [-0.39, 0.29) is 24.5 Å². The molecule has 0 spiro atoms. The summed E-state index contributed by atoms with van der Waals surface area (Å²) >= 11 is 1.20. The van der Waals surface area contributed by atoms with E-state index >= 15 is 0 Å². The van der Waals surface area contributed by atoms with Crippen molar-refractivity contribution >= 4 is 33.7 Å². The van der Waals surface area contributed by atoms with Gasteiger partial charge in [-0.3, -0.25) is 13.9 Å². The summed E-state index contributed by atoms with van der Waals surface area (Å²) in [4.78, 5) is 22.0. The van der Waals surface area contributed by atoms with E-state index in [4.69, 9.17) is 0 Å². The number of para-hydroxylation sites is 3. The predicted molar refractivity (Wildman–Crippen MR) is 113 cm³/mol. The molecule has 0 fully saturated rings. The summed E-state index contributed by atoms with van der Waals surface area (Å²) in [6, 6.07) is 13.8. The first-order chi connectivity index (χ1) is 14.5. The largest absolute Gasteiger partial charge is 0.396 e. The SMILES string of the molecule is CC(Sc1nc2ccccc2c(=O)n1CCCO)c1nc2ccccc2n1C(F)F. The van der Waals surface area contributed by atoms with Crippen molar-refractivity contribution in [3.8, 4) is 0 Å². The molecule has 1 unspecified atom stereocenters. The smallest absolute Gasteiger partial charge is 0.320 e. The number of imidazole rings is 1. The van der Waals surface area contributed by atoms with Crippen molar-refractivity contribution in [2.75, 3.05) is 6.61 Å². The minimum atomic E-state index is -2.74. The minimum Gasteiger partial charge on any atom is -0.396 e. The van der Waals surface area contributed by atoms with Gasteiger partial charge in [-0.2, -0.15) is 8.78 Å². The van der Waals surface area contributed by atoms with Crippen LogP contribution >= 0.6 is 11.8 Å². The summed E-state index contributed by atoms with van der Waals surface area (Å²) in [6.07, 6.45) is 0.386. The fraction of sp³-hybridized carbons (Fsp3) is 0.286. The Balaban J connectivity index is 1.80. The van der Waals surface area contributed by atoms with Gasteiger partial charge in [-0.15, -0.1) is 0 Å². The number of rotatable bonds is 7. The van der Waals surface area contributed by atoms with Crippen molar-refractivity contribution < 1.29 is 13.9 Å². The lowest BCUT2D eigenvalue weighted by molar-refractivity contribution is 0.0715. The number of nitrogens with zero attached hydrogens (tertiary/aromatic N) is 4. The van der Waals surface area contributed by atoms with Crippen molar-refractivity contribution in [3.05, 3.63) is 64.7 Å². The molecule has 0 aliphatic rings. The van der Waals surface area contributed by atoms with E-state index in [1.807, 2.05) is 0 Å². The molecule has 0 saturated carbocycles. The predicted octanol–water partition coefficient (Wildman–Crippen LogP) is 4.38. The maximum atomic E-state index is 13.8. The van der Waals surface area contributed by atoms with Gasteiger partial charge in [0.1, 0.15) is 5.82 Å². The summed E-state index contributed by atoms with van der Waals surface area (Å²) in [6.45, 7) is -0.757. The Morgan fingerprint density at radius 3 is 2.50 bits per heavy atom. The molecule has 1 atom stereocenters. The number of hydrogen-bond acceptors (Lipinski definition) is 5. The highest BCUT2D eigenvalue weighted by Crippen LogP contribution is 2.37. The molecule has 2 heterocycles. The van der Waals surface area contributed by atoms with Crippen LogP contribution in [0.5, 0.6) is 0 Å². The van der Waals surface area contributed by atoms with Crippen LogP contribution in [0.4, 0.5) is 8.78 Å². The van der Waals surface area contributed by atoms with Crippen LogP contribution in [0.2, 0.25) is 0 Å². The van der Waals surface area contributed by atoms with Crippen LogP contribution in [0.15, 0.2) is 58.5 Å². The third kappa shape index (κ3) is 3.70. The van der Waals surface area contributed by atoms with E-state index < -0.39 is 11.8 Å². The Kier molecular flexibility index (Phi) is 5.83. The quantitative estimate of drug-likeness (QED) is 0.348. The third-order valence-corrected chi connectivity index (χ3v) is 5.92. The molecule has 30 heavy (non-hydrogen) atoms. The molecule has 4 aromatic rings. The maximum Gasteiger partial charge on any atom is 0.320 e. The van der Waals surface area contributed by atoms with Gasteiger partial charge in [-0.1, -0.05) is 36.0 Å². The van der Waals surface area contributed by atoms with Gasteiger partial charge in [0, 0.05) is 13.2 Å². The van der Waals surface area contributed by atoms with Gasteiger partial charge in [-0.25, -0.2) is 9.97 Å². The standard InChI is InChI=1S/C21H20F2N4O2S/c1-13(18-24-16-9-4-5-10-17(16)27(18)20(22)23)30-21-25-15-8-3-2-7-14(15)19(29)26(21)11-6-12-28/h2-5,7-10,13,20,28H,6,11-12H2,1H3. The molecule has 0 saturated heterocycles. The average molecular weight is 430 g/mol. The number of halogens is 2. The van der Waals surface area contributed by atoms with E-state index in [2.05, 4.69) is 9.97 Å². The Morgan fingerprint density at radius 1 is 1.07 bits per heavy atom. The third-order valence-electron chi connectivity index (χ3n) is 4.83. The van der Waals surface area contributed by atoms with Crippen molar-refractivity contribution in [2.45, 2.75) is 36.8 Å². The van der Waals surface area contributed by atoms with Crippen LogP contribution in [0.3, 0.4) is 0 Å². The maximum absolute atomic E-state index is 13.8. The second-order valence-corrected chi connectivity index (χ2v) is 8.12. The summed E-state index contributed by atoms with van der Waals surface area (Å²) in [7, 11) is 0. The van der Waals surface area contributed by atoms with E-state index in [9.17, 15) is 18.7 Å². The Bertz CT molecular complexity index is 1250. The summed E-state index contributed by atoms with van der Waals surface area (Å²) in [5.41, 5.74) is 1.18. The number of fused-ring (bicyclic) bond motifs is 2. The monoisotopic (exact) mass is 430 g/mol. The molecule has 1 N–H and O–H groups in total. The van der Waals surface area contributed by atoms with Gasteiger partial charge in [0.2, 0.25) is 0 Å². The molecule has 6 nitrogen and oxygen atoms in total. The lowest BCUT2D eigenvalue weighted by atomic mass is 10.2. The molecule has 0 amide bonds.